The van der Waals surface area contributed by atoms with E-state index in [2.05, 4.69) is 18.0 Å². The second-order valence-corrected chi connectivity index (χ2v) is 5.61. The van der Waals surface area contributed by atoms with Gasteiger partial charge in [-0.2, -0.15) is 0 Å². The molecule has 0 radical (unpaired) electrons. The van der Waals surface area contributed by atoms with Crippen molar-refractivity contribution < 1.29 is 5.11 Å². The fourth-order valence-electron chi connectivity index (χ4n) is 1.95. The molecule has 0 saturated carbocycles. The van der Waals surface area contributed by atoms with Crippen molar-refractivity contribution in [2.45, 2.75) is 38.7 Å². The Morgan fingerprint density at radius 2 is 2.12 bits per heavy atom. The number of hydrogen-bond acceptors (Lipinski definition) is 3. The highest BCUT2D eigenvalue weighted by Crippen LogP contribution is 2.26. The molecular weight excluding hydrogens is 218 g/mol. The van der Waals surface area contributed by atoms with Gasteiger partial charge >= 0.3 is 0 Å². The average molecular weight is 235 g/mol. The molecule has 1 aromatic carbocycles. The van der Waals surface area contributed by atoms with Gasteiger partial charge in [0.2, 0.25) is 0 Å². The summed E-state index contributed by atoms with van der Waals surface area (Å²) in [5.74, 6) is 0. The van der Waals surface area contributed by atoms with E-state index in [0.29, 0.717) is 6.42 Å². The third kappa shape index (κ3) is 2.60. The molecule has 0 bridgehead atoms. The number of benzene rings is 1. The Hall–Kier alpha value is -0.930. The Morgan fingerprint density at radius 1 is 1.38 bits per heavy atom. The van der Waals surface area contributed by atoms with Crippen LogP contribution in [-0.2, 0) is 6.42 Å². The van der Waals surface area contributed by atoms with Crippen LogP contribution in [0.4, 0.5) is 0 Å². The summed E-state index contributed by atoms with van der Waals surface area (Å²) in [6, 6.07) is 8.11. The zero-order valence-corrected chi connectivity index (χ0v) is 10.5. The first-order valence-electron chi connectivity index (χ1n) is 5.67. The summed E-state index contributed by atoms with van der Waals surface area (Å²) in [6.45, 7) is 3.98. The Balaban J connectivity index is 2.21. The second kappa shape index (κ2) is 4.52. The summed E-state index contributed by atoms with van der Waals surface area (Å²) in [4.78, 5) is 4.54. The average Bonchev–Trinajstić information content (AvgIpc) is 2.58. The SMILES string of the molecule is CCCC(C)(O)Cc1nc2ccccc2s1. The number of para-hydroxylation sites is 1. The standard InChI is InChI=1S/C13H17NOS/c1-3-8-13(2,15)9-12-14-10-6-4-5-7-11(10)16-12/h4-7,15H,3,8-9H2,1-2H3. The highest BCUT2D eigenvalue weighted by atomic mass is 32.1. The lowest BCUT2D eigenvalue weighted by Crippen LogP contribution is -2.26. The Morgan fingerprint density at radius 3 is 2.81 bits per heavy atom. The molecule has 0 aliphatic rings. The van der Waals surface area contributed by atoms with Gasteiger partial charge < -0.3 is 5.11 Å². The molecule has 1 heterocycles. The van der Waals surface area contributed by atoms with E-state index in [1.807, 2.05) is 25.1 Å². The third-order valence-electron chi connectivity index (χ3n) is 2.66. The highest BCUT2D eigenvalue weighted by molar-refractivity contribution is 7.18. The van der Waals surface area contributed by atoms with E-state index in [9.17, 15) is 5.11 Å². The van der Waals surface area contributed by atoms with Crippen LogP contribution >= 0.6 is 11.3 Å². The number of hydrogen-bond donors (Lipinski definition) is 1. The second-order valence-electron chi connectivity index (χ2n) is 4.50. The first kappa shape index (κ1) is 11.6. The maximum absolute atomic E-state index is 10.2. The van der Waals surface area contributed by atoms with Gasteiger partial charge in [0.25, 0.3) is 0 Å². The zero-order valence-electron chi connectivity index (χ0n) is 9.73. The van der Waals surface area contributed by atoms with Crippen molar-refractivity contribution in [3.8, 4) is 0 Å². The molecule has 1 N–H and O–H groups in total. The molecule has 3 heteroatoms. The number of thiazole rings is 1. The molecule has 1 atom stereocenters. The summed E-state index contributed by atoms with van der Waals surface area (Å²) in [5, 5.41) is 11.2. The van der Waals surface area contributed by atoms with Crippen LogP contribution in [0.1, 0.15) is 31.7 Å². The maximum atomic E-state index is 10.2. The molecule has 0 amide bonds. The Bertz CT molecular complexity index is 442. The van der Waals surface area contributed by atoms with Crippen LogP contribution in [0.2, 0.25) is 0 Å². The predicted octanol–water partition coefficient (Wildman–Crippen LogP) is 3.39. The molecule has 2 aromatic rings. The van der Waals surface area contributed by atoms with Crippen molar-refractivity contribution in [2.75, 3.05) is 0 Å². The summed E-state index contributed by atoms with van der Waals surface area (Å²) in [5.41, 5.74) is 0.414. The fourth-order valence-corrected chi connectivity index (χ4v) is 3.09. The minimum atomic E-state index is -0.622. The number of aromatic nitrogens is 1. The van der Waals surface area contributed by atoms with Crippen LogP contribution in [-0.4, -0.2) is 15.7 Å². The quantitative estimate of drug-likeness (QED) is 0.881. The predicted molar refractivity (Wildman–Crippen MR) is 68.9 cm³/mol. The minimum absolute atomic E-state index is 0.622. The largest absolute Gasteiger partial charge is 0.390 e. The van der Waals surface area contributed by atoms with Gasteiger partial charge in [0.15, 0.2) is 0 Å². The van der Waals surface area contributed by atoms with Gasteiger partial charge in [0.05, 0.1) is 20.8 Å². The minimum Gasteiger partial charge on any atom is -0.390 e. The molecule has 0 spiro atoms. The lowest BCUT2D eigenvalue weighted by atomic mass is 9.97. The van der Waals surface area contributed by atoms with Crippen LogP contribution in [0.5, 0.6) is 0 Å². The normalized spacial score (nSPS) is 15.2. The highest BCUT2D eigenvalue weighted by Gasteiger charge is 2.21. The van der Waals surface area contributed by atoms with Crippen LogP contribution in [0.3, 0.4) is 0 Å². The lowest BCUT2D eigenvalue weighted by Gasteiger charge is -2.20. The third-order valence-corrected chi connectivity index (χ3v) is 3.70. The number of fused-ring (bicyclic) bond motifs is 1. The first-order chi connectivity index (χ1) is 7.61. The first-order valence-corrected chi connectivity index (χ1v) is 6.49. The van der Waals surface area contributed by atoms with Gasteiger partial charge in [-0.1, -0.05) is 25.5 Å². The van der Waals surface area contributed by atoms with Gasteiger partial charge in [-0.25, -0.2) is 4.98 Å². The zero-order chi connectivity index (χ0) is 11.6. The van der Waals surface area contributed by atoms with Crippen LogP contribution in [0.15, 0.2) is 24.3 Å². The van der Waals surface area contributed by atoms with Gasteiger partial charge in [0.1, 0.15) is 0 Å². The van der Waals surface area contributed by atoms with Gasteiger partial charge in [-0.3, -0.25) is 0 Å². The molecule has 2 nitrogen and oxygen atoms in total. The van der Waals surface area contributed by atoms with E-state index in [1.54, 1.807) is 11.3 Å². The van der Waals surface area contributed by atoms with Crippen molar-refractivity contribution in [1.82, 2.24) is 4.98 Å². The van der Waals surface area contributed by atoms with Crippen molar-refractivity contribution >= 4 is 21.6 Å². The lowest BCUT2D eigenvalue weighted by molar-refractivity contribution is 0.0505. The van der Waals surface area contributed by atoms with E-state index in [-0.39, 0.29) is 0 Å². The Labute approximate surface area is 100.0 Å². The van der Waals surface area contributed by atoms with Crippen LogP contribution in [0.25, 0.3) is 10.2 Å². The number of rotatable bonds is 4. The van der Waals surface area contributed by atoms with E-state index >= 15 is 0 Å². The van der Waals surface area contributed by atoms with Gasteiger partial charge in [-0.05, 0) is 25.5 Å². The van der Waals surface area contributed by atoms with Gasteiger partial charge in [0, 0.05) is 6.42 Å². The number of nitrogens with zero attached hydrogens (tertiary/aromatic N) is 1. The van der Waals surface area contributed by atoms with E-state index in [1.165, 1.54) is 4.70 Å². The summed E-state index contributed by atoms with van der Waals surface area (Å²) < 4.78 is 1.20. The molecule has 16 heavy (non-hydrogen) atoms. The molecule has 1 unspecified atom stereocenters. The smallest absolute Gasteiger partial charge is 0.0967 e. The van der Waals surface area contributed by atoms with Crippen molar-refractivity contribution in [1.29, 1.82) is 0 Å². The molecule has 0 aliphatic heterocycles. The van der Waals surface area contributed by atoms with E-state index in [4.69, 9.17) is 0 Å². The summed E-state index contributed by atoms with van der Waals surface area (Å²) in [7, 11) is 0. The molecule has 1 aromatic heterocycles. The molecular formula is C13H17NOS. The van der Waals surface area contributed by atoms with E-state index < -0.39 is 5.60 Å². The van der Waals surface area contributed by atoms with Gasteiger partial charge in [-0.15, -0.1) is 11.3 Å². The molecule has 0 fully saturated rings. The number of aliphatic hydroxyl groups is 1. The maximum Gasteiger partial charge on any atom is 0.0967 e. The van der Waals surface area contributed by atoms with Crippen molar-refractivity contribution in [3.63, 3.8) is 0 Å². The van der Waals surface area contributed by atoms with Crippen LogP contribution < -0.4 is 0 Å². The molecule has 2 rings (SSSR count). The fraction of sp³-hybridized carbons (Fsp3) is 0.462. The summed E-state index contributed by atoms with van der Waals surface area (Å²) >= 11 is 1.68. The molecule has 86 valence electrons. The Kier molecular flexibility index (Phi) is 3.26. The van der Waals surface area contributed by atoms with Crippen LogP contribution in [0, 0.1) is 0 Å². The molecule has 0 saturated heterocycles. The topological polar surface area (TPSA) is 33.1 Å². The van der Waals surface area contributed by atoms with Crippen molar-refractivity contribution in [2.24, 2.45) is 0 Å². The van der Waals surface area contributed by atoms with E-state index in [0.717, 1.165) is 23.4 Å². The van der Waals surface area contributed by atoms with Crippen molar-refractivity contribution in [3.05, 3.63) is 29.3 Å². The monoisotopic (exact) mass is 235 g/mol. The molecule has 0 aliphatic carbocycles. The summed E-state index contributed by atoms with van der Waals surface area (Å²) in [6.07, 6.45) is 2.47.